The van der Waals surface area contributed by atoms with Crippen LogP contribution >= 0.6 is 11.3 Å². The van der Waals surface area contributed by atoms with Crippen molar-refractivity contribution in [3.63, 3.8) is 0 Å². The summed E-state index contributed by atoms with van der Waals surface area (Å²) in [6.45, 7) is 4.72. The predicted molar refractivity (Wildman–Crippen MR) is 153 cm³/mol. The molecule has 0 radical (unpaired) electrons. The first-order valence-corrected chi connectivity index (χ1v) is 14.7. The molecule has 0 bridgehead atoms. The number of hydrogen-bond acceptors (Lipinski definition) is 9. The molecule has 198 valence electrons. The van der Waals surface area contributed by atoms with Crippen molar-refractivity contribution in [2.45, 2.75) is 57.0 Å². The zero-order valence-electron chi connectivity index (χ0n) is 21.9. The van der Waals surface area contributed by atoms with Crippen LogP contribution in [0.3, 0.4) is 0 Å². The van der Waals surface area contributed by atoms with E-state index in [-0.39, 0.29) is 0 Å². The van der Waals surface area contributed by atoms with Gasteiger partial charge >= 0.3 is 0 Å². The van der Waals surface area contributed by atoms with Crippen molar-refractivity contribution < 1.29 is 0 Å². The second-order valence-corrected chi connectivity index (χ2v) is 12.1. The molecule has 9 nitrogen and oxygen atoms in total. The number of aryl methyl sites for hydroxylation is 2. The van der Waals surface area contributed by atoms with E-state index < -0.39 is 0 Å². The summed E-state index contributed by atoms with van der Waals surface area (Å²) < 4.78 is 2.11. The number of likely N-dealkylation sites (N-methyl/N-ethyl adjacent to an activating group) is 1. The maximum atomic E-state index is 6.40. The van der Waals surface area contributed by atoms with E-state index in [1.165, 1.54) is 56.0 Å². The molecule has 3 aliphatic rings. The average molecular weight is 530 g/mol. The SMILES string of the molecule is CN1CCN(C2CCC(n3ncc4c(N)nc(-c5ccc(Nc6nc7c(s6)CCC7)cc5)nc43)CC2)CC1. The summed E-state index contributed by atoms with van der Waals surface area (Å²) in [5.74, 6) is 1.13. The Labute approximate surface area is 227 Å². The Morgan fingerprint density at radius 1 is 0.921 bits per heavy atom. The number of fused-ring (bicyclic) bond motifs is 2. The van der Waals surface area contributed by atoms with E-state index in [0.29, 0.717) is 23.7 Å². The number of nitrogen functional groups attached to an aromatic ring is 1. The van der Waals surface area contributed by atoms with Gasteiger partial charge in [0, 0.05) is 48.3 Å². The van der Waals surface area contributed by atoms with E-state index in [1.807, 2.05) is 18.3 Å². The number of anilines is 3. The number of benzene rings is 1. The van der Waals surface area contributed by atoms with Gasteiger partial charge in [0.1, 0.15) is 5.82 Å². The number of aromatic nitrogens is 5. The Morgan fingerprint density at radius 3 is 2.45 bits per heavy atom. The molecule has 10 heteroatoms. The number of hydrogen-bond donors (Lipinski definition) is 2. The van der Waals surface area contributed by atoms with Crippen molar-refractivity contribution in [3.05, 3.63) is 41.0 Å². The second kappa shape index (κ2) is 9.91. The lowest BCUT2D eigenvalue weighted by Crippen LogP contribution is -2.49. The molecule has 0 amide bonds. The first-order chi connectivity index (χ1) is 18.6. The molecular formula is C28H35N9S. The van der Waals surface area contributed by atoms with Crippen molar-refractivity contribution in [3.8, 4) is 11.4 Å². The number of nitrogens with one attached hydrogen (secondary N) is 1. The number of thiazole rings is 1. The van der Waals surface area contributed by atoms with Gasteiger partial charge in [0.15, 0.2) is 16.6 Å². The molecule has 1 aliphatic heterocycles. The van der Waals surface area contributed by atoms with Crippen LogP contribution in [0, 0.1) is 0 Å². The molecule has 0 spiro atoms. The first-order valence-electron chi connectivity index (χ1n) is 13.9. The van der Waals surface area contributed by atoms with Gasteiger partial charge in [0.05, 0.1) is 23.3 Å². The second-order valence-electron chi connectivity index (χ2n) is 11.0. The average Bonchev–Trinajstić information content (AvgIpc) is 3.65. The zero-order chi connectivity index (χ0) is 25.6. The molecule has 2 aliphatic carbocycles. The maximum Gasteiger partial charge on any atom is 0.187 e. The fraction of sp³-hybridized carbons (Fsp3) is 0.500. The molecule has 1 saturated heterocycles. The molecule has 1 aromatic carbocycles. The number of rotatable bonds is 5. The molecule has 0 atom stereocenters. The first kappa shape index (κ1) is 24.0. The highest BCUT2D eigenvalue weighted by molar-refractivity contribution is 7.15. The van der Waals surface area contributed by atoms with Crippen LogP contribution in [0.15, 0.2) is 30.5 Å². The Bertz CT molecular complexity index is 1410. The van der Waals surface area contributed by atoms with Gasteiger partial charge in [-0.2, -0.15) is 5.10 Å². The van der Waals surface area contributed by atoms with Crippen LogP contribution in [0.4, 0.5) is 16.6 Å². The van der Waals surface area contributed by atoms with Gasteiger partial charge in [-0.25, -0.2) is 19.6 Å². The van der Waals surface area contributed by atoms with Crippen molar-refractivity contribution in [1.29, 1.82) is 0 Å². The molecule has 3 N–H and O–H groups in total. The maximum absolute atomic E-state index is 6.40. The van der Waals surface area contributed by atoms with Crippen molar-refractivity contribution in [2.24, 2.45) is 0 Å². The molecule has 38 heavy (non-hydrogen) atoms. The highest BCUT2D eigenvalue weighted by Gasteiger charge is 2.30. The Kier molecular flexibility index (Phi) is 6.25. The Morgan fingerprint density at radius 2 is 1.68 bits per heavy atom. The largest absolute Gasteiger partial charge is 0.383 e. The Balaban J connectivity index is 1.07. The van der Waals surface area contributed by atoms with Crippen molar-refractivity contribution in [1.82, 2.24) is 34.5 Å². The van der Waals surface area contributed by atoms with Crippen LogP contribution in [0.2, 0.25) is 0 Å². The smallest absolute Gasteiger partial charge is 0.187 e. The minimum absolute atomic E-state index is 0.352. The predicted octanol–water partition coefficient (Wildman–Crippen LogP) is 4.50. The highest BCUT2D eigenvalue weighted by atomic mass is 32.1. The number of piperazine rings is 1. The van der Waals surface area contributed by atoms with Gasteiger partial charge in [-0.15, -0.1) is 11.3 Å². The van der Waals surface area contributed by atoms with Crippen LogP contribution in [-0.4, -0.2) is 73.8 Å². The van der Waals surface area contributed by atoms with E-state index in [9.17, 15) is 0 Å². The fourth-order valence-corrected chi connectivity index (χ4v) is 7.34. The van der Waals surface area contributed by atoms with E-state index >= 15 is 0 Å². The third-order valence-electron chi connectivity index (χ3n) is 8.54. The van der Waals surface area contributed by atoms with Gasteiger partial charge in [0.2, 0.25) is 0 Å². The molecule has 4 heterocycles. The third-order valence-corrected chi connectivity index (χ3v) is 9.61. The van der Waals surface area contributed by atoms with E-state index in [2.05, 4.69) is 44.0 Å². The lowest BCUT2D eigenvalue weighted by Gasteiger charge is -2.41. The summed E-state index contributed by atoms with van der Waals surface area (Å²) >= 11 is 1.77. The van der Waals surface area contributed by atoms with E-state index in [1.54, 1.807) is 11.3 Å². The molecule has 1 saturated carbocycles. The molecule has 4 aromatic rings. The minimum atomic E-state index is 0.352. The lowest BCUT2D eigenvalue weighted by molar-refractivity contribution is 0.0815. The molecule has 3 aromatic heterocycles. The van der Waals surface area contributed by atoms with Crippen LogP contribution in [0.25, 0.3) is 22.4 Å². The van der Waals surface area contributed by atoms with Crippen LogP contribution in [0.5, 0.6) is 0 Å². The van der Waals surface area contributed by atoms with Crippen LogP contribution in [0.1, 0.15) is 48.7 Å². The number of nitrogens with zero attached hydrogens (tertiary/aromatic N) is 7. The lowest BCUT2D eigenvalue weighted by atomic mass is 9.90. The summed E-state index contributed by atoms with van der Waals surface area (Å²) in [5, 5.41) is 10.0. The minimum Gasteiger partial charge on any atom is -0.383 e. The zero-order valence-corrected chi connectivity index (χ0v) is 22.8. The fourth-order valence-electron chi connectivity index (χ4n) is 6.27. The van der Waals surface area contributed by atoms with Gasteiger partial charge < -0.3 is 16.0 Å². The molecule has 7 rings (SSSR count). The summed E-state index contributed by atoms with van der Waals surface area (Å²) in [4.78, 5) is 20.9. The van der Waals surface area contributed by atoms with Gasteiger partial charge in [-0.3, -0.25) is 4.90 Å². The van der Waals surface area contributed by atoms with Gasteiger partial charge in [-0.1, -0.05) is 0 Å². The monoisotopic (exact) mass is 529 g/mol. The van der Waals surface area contributed by atoms with E-state index in [0.717, 1.165) is 53.1 Å². The highest BCUT2D eigenvalue weighted by Crippen LogP contribution is 2.35. The quantitative estimate of drug-likeness (QED) is 0.390. The summed E-state index contributed by atoms with van der Waals surface area (Å²) in [5.41, 5.74) is 10.5. The third kappa shape index (κ3) is 4.54. The topological polar surface area (TPSA) is 101 Å². The number of nitrogens with two attached hydrogens (primary N) is 1. The van der Waals surface area contributed by atoms with E-state index in [4.69, 9.17) is 20.8 Å². The van der Waals surface area contributed by atoms with Gasteiger partial charge in [-0.05, 0) is 76.3 Å². The summed E-state index contributed by atoms with van der Waals surface area (Å²) in [7, 11) is 2.22. The molecular weight excluding hydrogens is 494 g/mol. The standard InChI is InChI=1S/C28H35N9S/c1-35-13-15-36(16-14-35)20-9-11-21(12-10-20)37-27-22(17-30-37)25(29)33-26(34-27)18-5-7-19(8-6-18)31-28-32-23-3-2-4-24(23)38-28/h5-8,17,20-21H,2-4,9-16H2,1H3,(H,31,32)(H2,29,33,34). The van der Waals surface area contributed by atoms with Crippen LogP contribution < -0.4 is 11.1 Å². The summed E-state index contributed by atoms with van der Waals surface area (Å²) in [6.07, 6.45) is 9.97. The molecule has 0 unspecified atom stereocenters. The normalized spacial score (nSPS) is 22.7. The molecule has 2 fully saturated rings. The van der Waals surface area contributed by atoms with Crippen molar-refractivity contribution >= 4 is 39.0 Å². The Hall–Kier alpha value is -3.08. The summed E-state index contributed by atoms with van der Waals surface area (Å²) in [6, 6.07) is 9.25. The van der Waals surface area contributed by atoms with Crippen LogP contribution in [-0.2, 0) is 12.8 Å². The van der Waals surface area contributed by atoms with Gasteiger partial charge in [0.25, 0.3) is 0 Å². The van der Waals surface area contributed by atoms with Crippen molar-refractivity contribution in [2.75, 3.05) is 44.3 Å².